The van der Waals surface area contributed by atoms with Gasteiger partial charge in [0.25, 0.3) is 0 Å². The minimum Gasteiger partial charge on any atom is -0.306 e. The first kappa shape index (κ1) is 14.7. The molecule has 5 aromatic rings. The van der Waals surface area contributed by atoms with Gasteiger partial charge in [0.1, 0.15) is 16.7 Å². The number of pyridine rings is 1. The molecule has 0 radical (unpaired) electrons. The lowest BCUT2D eigenvalue weighted by Crippen LogP contribution is -1.99. The topological polar surface area (TPSA) is 79.4 Å². The van der Waals surface area contributed by atoms with Crippen molar-refractivity contribution in [1.29, 1.82) is 0 Å². The van der Waals surface area contributed by atoms with Crippen LogP contribution in [0.25, 0.3) is 39.0 Å². The number of H-pyrrole nitrogens is 2. The Labute approximate surface area is 148 Å². The van der Waals surface area contributed by atoms with Gasteiger partial charge in [0.05, 0.1) is 16.7 Å². The summed E-state index contributed by atoms with van der Waals surface area (Å²) in [5, 5.41) is 4.76. The maximum Gasteiger partial charge on any atom is 0.323 e. The summed E-state index contributed by atoms with van der Waals surface area (Å²) in [6, 6.07) is 19.7. The number of nitrogens with one attached hydrogen (secondary N) is 2. The average molecular weight is 341 g/mol. The van der Waals surface area contributed by atoms with E-state index in [0.717, 1.165) is 44.7 Å². The van der Waals surface area contributed by atoms with Crippen molar-refractivity contribution in [3.05, 3.63) is 76.8 Å². The van der Waals surface area contributed by atoms with E-state index in [1.807, 2.05) is 72.3 Å². The molecule has 0 saturated carbocycles. The molecule has 26 heavy (non-hydrogen) atoms. The van der Waals surface area contributed by atoms with E-state index in [4.69, 9.17) is 10.1 Å². The van der Waals surface area contributed by atoms with Crippen molar-refractivity contribution < 1.29 is 0 Å². The van der Waals surface area contributed by atoms with Gasteiger partial charge in [0.2, 0.25) is 0 Å². The molecule has 3 aromatic heterocycles. The van der Waals surface area contributed by atoms with Crippen LogP contribution in [0.15, 0.2) is 65.5 Å². The highest BCUT2D eigenvalue weighted by atomic mass is 16.1. The van der Waals surface area contributed by atoms with Crippen LogP contribution in [0.2, 0.25) is 0 Å². The van der Waals surface area contributed by atoms with Crippen molar-refractivity contribution in [2.75, 3.05) is 0 Å². The molecule has 2 N–H and O–H groups in total. The molecule has 126 valence electrons. The number of imidazole rings is 1. The van der Waals surface area contributed by atoms with Gasteiger partial charge < -0.3 is 9.97 Å². The first-order valence-corrected chi connectivity index (χ1v) is 8.33. The zero-order valence-corrected chi connectivity index (χ0v) is 14.0. The summed E-state index contributed by atoms with van der Waals surface area (Å²) in [7, 11) is 0. The van der Waals surface area contributed by atoms with E-state index >= 15 is 0 Å². The van der Waals surface area contributed by atoms with Crippen molar-refractivity contribution in [1.82, 2.24) is 24.7 Å². The molecule has 2 aromatic carbocycles. The maximum atomic E-state index is 11.6. The van der Waals surface area contributed by atoms with Gasteiger partial charge in [-0.05, 0) is 43.3 Å². The van der Waals surface area contributed by atoms with E-state index in [2.05, 4.69) is 9.97 Å². The second-order valence-electron chi connectivity index (χ2n) is 6.26. The lowest BCUT2D eigenvalue weighted by atomic mass is 10.1. The smallest absolute Gasteiger partial charge is 0.306 e. The highest BCUT2D eigenvalue weighted by molar-refractivity contribution is 5.93. The Kier molecular flexibility index (Phi) is 3.05. The Hall–Kier alpha value is -3.67. The average Bonchev–Trinajstić information content (AvgIpc) is 3.20. The van der Waals surface area contributed by atoms with Crippen LogP contribution in [-0.4, -0.2) is 24.7 Å². The maximum absolute atomic E-state index is 11.6. The summed E-state index contributed by atoms with van der Waals surface area (Å²) in [6.45, 7) is 1.97. The zero-order chi connectivity index (χ0) is 17.7. The van der Waals surface area contributed by atoms with Crippen LogP contribution in [0, 0.1) is 6.92 Å². The predicted molar refractivity (Wildman–Crippen MR) is 102 cm³/mol. The predicted octanol–water partition coefficient (Wildman–Crippen LogP) is 3.57. The van der Waals surface area contributed by atoms with E-state index in [9.17, 15) is 4.79 Å². The SMILES string of the molecule is Cc1ccc2nn(-c3ccccc3)c(-c3ccc4[nH]c(=O)[nH]c4c3)c2n1. The van der Waals surface area contributed by atoms with Crippen molar-refractivity contribution >= 4 is 22.1 Å². The van der Waals surface area contributed by atoms with Gasteiger partial charge in [0, 0.05) is 11.3 Å². The monoisotopic (exact) mass is 341 g/mol. The minimum atomic E-state index is -0.215. The molecule has 0 bridgehead atoms. The first-order chi connectivity index (χ1) is 12.7. The van der Waals surface area contributed by atoms with Crippen molar-refractivity contribution in [2.24, 2.45) is 0 Å². The van der Waals surface area contributed by atoms with E-state index in [-0.39, 0.29) is 5.69 Å². The van der Waals surface area contributed by atoms with E-state index in [1.54, 1.807) is 0 Å². The van der Waals surface area contributed by atoms with Crippen LogP contribution in [-0.2, 0) is 0 Å². The second-order valence-corrected chi connectivity index (χ2v) is 6.26. The Bertz CT molecular complexity index is 1310. The third-order valence-corrected chi connectivity index (χ3v) is 4.45. The fourth-order valence-corrected chi connectivity index (χ4v) is 3.26. The number of benzene rings is 2. The van der Waals surface area contributed by atoms with Crippen LogP contribution < -0.4 is 5.69 Å². The Morgan fingerprint density at radius 1 is 0.923 bits per heavy atom. The lowest BCUT2D eigenvalue weighted by Gasteiger charge is -2.08. The van der Waals surface area contributed by atoms with Crippen molar-refractivity contribution in [3.8, 4) is 16.9 Å². The van der Waals surface area contributed by atoms with Crippen LogP contribution >= 0.6 is 0 Å². The zero-order valence-electron chi connectivity index (χ0n) is 14.0. The highest BCUT2D eigenvalue weighted by Crippen LogP contribution is 2.31. The molecule has 6 heteroatoms. The van der Waals surface area contributed by atoms with E-state index in [1.165, 1.54) is 0 Å². The lowest BCUT2D eigenvalue weighted by molar-refractivity contribution is 0.904. The van der Waals surface area contributed by atoms with Crippen LogP contribution in [0.3, 0.4) is 0 Å². The Balaban J connectivity index is 1.86. The largest absolute Gasteiger partial charge is 0.323 e. The number of nitrogens with zero attached hydrogens (tertiary/aromatic N) is 3. The fourth-order valence-electron chi connectivity index (χ4n) is 3.26. The summed E-state index contributed by atoms with van der Waals surface area (Å²) in [4.78, 5) is 21.9. The standard InChI is InChI=1S/C20H15N5O/c1-12-7-9-16-18(21-12)19(25(24-16)14-5-3-2-4-6-14)13-8-10-15-17(11-13)23-20(26)22-15/h2-11H,1H3,(H2,22,23,26). The number of para-hydroxylation sites is 1. The number of hydrogen-bond donors (Lipinski definition) is 2. The van der Waals surface area contributed by atoms with E-state index < -0.39 is 0 Å². The van der Waals surface area contributed by atoms with Gasteiger partial charge >= 0.3 is 5.69 Å². The molecule has 0 amide bonds. The number of hydrogen-bond acceptors (Lipinski definition) is 3. The van der Waals surface area contributed by atoms with Gasteiger partial charge in [-0.2, -0.15) is 5.10 Å². The summed E-state index contributed by atoms with van der Waals surface area (Å²) < 4.78 is 1.91. The Morgan fingerprint density at radius 3 is 2.58 bits per heavy atom. The minimum absolute atomic E-state index is 0.215. The summed E-state index contributed by atoms with van der Waals surface area (Å²) >= 11 is 0. The third kappa shape index (κ3) is 2.23. The molecule has 5 rings (SSSR count). The molecule has 6 nitrogen and oxygen atoms in total. The third-order valence-electron chi connectivity index (χ3n) is 4.45. The molecule has 0 aliphatic carbocycles. The highest BCUT2D eigenvalue weighted by Gasteiger charge is 2.17. The number of rotatable bonds is 2. The van der Waals surface area contributed by atoms with Gasteiger partial charge in [-0.25, -0.2) is 14.5 Å². The molecule has 0 spiro atoms. The summed E-state index contributed by atoms with van der Waals surface area (Å²) in [6.07, 6.45) is 0. The molecule has 0 unspecified atom stereocenters. The van der Waals surface area contributed by atoms with Crippen molar-refractivity contribution in [3.63, 3.8) is 0 Å². The van der Waals surface area contributed by atoms with Gasteiger partial charge in [-0.15, -0.1) is 0 Å². The number of fused-ring (bicyclic) bond motifs is 2. The molecular weight excluding hydrogens is 326 g/mol. The van der Waals surface area contributed by atoms with E-state index in [0.29, 0.717) is 0 Å². The number of aromatic nitrogens is 5. The van der Waals surface area contributed by atoms with Crippen molar-refractivity contribution in [2.45, 2.75) is 6.92 Å². The summed E-state index contributed by atoms with van der Waals surface area (Å²) in [5.74, 6) is 0. The van der Waals surface area contributed by atoms with Gasteiger partial charge in [-0.1, -0.05) is 24.3 Å². The number of aryl methyl sites for hydroxylation is 1. The normalized spacial score (nSPS) is 11.4. The molecule has 0 saturated heterocycles. The summed E-state index contributed by atoms with van der Waals surface area (Å²) in [5.41, 5.74) is 6.72. The molecule has 0 aliphatic heterocycles. The van der Waals surface area contributed by atoms with Crippen LogP contribution in [0.4, 0.5) is 0 Å². The molecule has 3 heterocycles. The molecular formula is C20H15N5O. The molecule has 0 aliphatic rings. The van der Waals surface area contributed by atoms with Gasteiger partial charge in [-0.3, -0.25) is 0 Å². The van der Waals surface area contributed by atoms with Gasteiger partial charge in [0.15, 0.2) is 0 Å². The number of aromatic amines is 2. The molecule has 0 fully saturated rings. The van der Waals surface area contributed by atoms with Crippen LogP contribution in [0.5, 0.6) is 0 Å². The first-order valence-electron chi connectivity index (χ1n) is 8.33. The fraction of sp³-hybridized carbons (Fsp3) is 0.0500. The Morgan fingerprint density at radius 2 is 1.73 bits per heavy atom. The molecule has 0 atom stereocenters. The second kappa shape index (κ2) is 5.42. The quantitative estimate of drug-likeness (QED) is 0.515. The van der Waals surface area contributed by atoms with Crippen LogP contribution in [0.1, 0.15) is 5.69 Å².